The van der Waals surface area contributed by atoms with E-state index >= 15 is 0 Å². The fraction of sp³-hybridized carbons (Fsp3) is 0.500. The first-order chi connectivity index (χ1) is 11.0. The molecule has 0 spiro atoms. The Morgan fingerprint density at radius 2 is 2.22 bits per heavy atom. The highest BCUT2D eigenvalue weighted by Crippen LogP contribution is 2.24. The van der Waals surface area contributed by atoms with Gasteiger partial charge in [-0.1, -0.05) is 0 Å². The van der Waals surface area contributed by atoms with E-state index in [-0.39, 0.29) is 5.69 Å². The van der Waals surface area contributed by atoms with Crippen LogP contribution < -0.4 is 16.0 Å². The molecule has 0 bridgehead atoms. The summed E-state index contributed by atoms with van der Waals surface area (Å²) in [6.45, 7) is 3.02. The number of amides is 1. The largest absolute Gasteiger partial charge is 0.364 e. The first-order valence-electron chi connectivity index (χ1n) is 7.61. The third-order valence-electron chi connectivity index (χ3n) is 3.94. The van der Waals surface area contributed by atoms with Crippen LogP contribution in [0.4, 0.5) is 17.5 Å². The molecule has 0 unspecified atom stereocenters. The molecule has 3 N–H and O–H groups in total. The monoisotopic (exact) mass is 316 g/mol. The summed E-state index contributed by atoms with van der Waals surface area (Å²) < 4.78 is 1.65. The van der Waals surface area contributed by atoms with Gasteiger partial charge in [0.25, 0.3) is 5.91 Å². The number of carbonyl (C=O) groups excluding carboxylic acids is 1. The van der Waals surface area contributed by atoms with Crippen LogP contribution in [0.3, 0.4) is 0 Å². The van der Waals surface area contributed by atoms with Gasteiger partial charge in [0.05, 0.1) is 11.9 Å². The molecule has 122 valence electrons. The van der Waals surface area contributed by atoms with Gasteiger partial charge in [0.2, 0.25) is 5.95 Å². The number of aryl methyl sites for hydroxylation is 1. The minimum Gasteiger partial charge on any atom is -0.364 e. The van der Waals surface area contributed by atoms with Crippen LogP contribution in [0.1, 0.15) is 36.7 Å². The number of nitrogens with zero attached hydrogens (tertiary/aromatic N) is 6. The molecule has 3 rings (SSSR count). The lowest BCUT2D eigenvalue weighted by atomic mass is 10.0. The predicted octanol–water partition coefficient (Wildman–Crippen LogP) is 0.826. The lowest BCUT2D eigenvalue weighted by molar-refractivity contribution is 0.0995. The number of piperidine rings is 1. The summed E-state index contributed by atoms with van der Waals surface area (Å²) in [5, 5.41) is 15.2. The van der Waals surface area contributed by atoms with E-state index in [0.717, 1.165) is 19.4 Å². The Morgan fingerprint density at radius 3 is 2.87 bits per heavy atom. The molecule has 3 heterocycles. The maximum absolute atomic E-state index is 11.6. The lowest BCUT2D eigenvalue weighted by Gasteiger charge is -2.33. The summed E-state index contributed by atoms with van der Waals surface area (Å²) in [6, 6.07) is 0.344. The summed E-state index contributed by atoms with van der Waals surface area (Å²) in [7, 11) is 1.80. The Kier molecular flexibility index (Phi) is 4.09. The second kappa shape index (κ2) is 6.19. The molecule has 1 fully saturated rings. The van der Waals surface area contributed by atoms with E-state index in [4.69, 9.17) is 5.73 Å². The maximum atomic E-state index is 11.6. The van der Waals surface area contributed by atoms with Gasteiger partial charge in [-0.2, -0.15) is 10.1 Å². The van der Waals surface area contributed by atoms with Crippen LogP contribution >= 0.6 is 0 Å². The van der Waals surface area contributed by atoms with Crippen molar-refractivity contribution in [2.24, 2.45) is 12.8 Å². The highest BCUT2D eigenvalue weighted by molar-refractivity contribution is 5.96. The average molecular weight is 316 g/mol. The molecule has 1 amide bonds. The van der Waals surface area contributed by atoms with Gasteiger partial charge >= 0.3 is 0 Å². The fourth-order valence-electron chi connectivity index (χ4n) is 2.71. The van der Waals surface area contributed by atoms with Gasteiger partial charge in [-0.25, -0.2) is 0 Å². The first-order valence-corrected chi connectivity index (χ1v) is 7.61. The van der Waals surface area contributed by atoms with Crippen molar-refractivity contribution in [1.82, 2.24) is 25.0 Å². The number of nitrogens with two attached hydrogens (primary N) is 1. The molecule has 1 aliphatic rings. The minimum atomic E-state index is -0.672. The molecular weight excluding hydrogens is 296 g/mol. The van der Waals surface area contributed by atoms with Crippen molar-refractivity contribution in [2.75, 3.05) is 16.8 Å². The van der Waals surface area contributed by atoms with Crippen molar-refractivity contribution in [1.29, 1.82) is 0 Å². The number of carbonyl (C=O) groups is 1. The Morgan fingerprint density at radius 1 is 1.39 bits per heavy atom. The second-order valence-corrected chi connectivity index (χ2v) is 5.74. The molecular formula is C14H20N8O. The van der Waals surface area contributed by atoms with E-state index in [1.807, 2.05) is 0 Å². The normalized spacial score (nSPS) is 18.0. The highest BCUT2D eigenvalue weighted by Gasteiger charge is 2.23. The second-order valence-electron chi connectivity index (χ2n) is 5.74. The number of primary amides is 1. The van der Waals surface area contributed by atoms with Crippen molar-refractivity contribution in [2.45, 2.75) is 32.2 Å². The molecule has 1 saturated heterocycles. The van der Waals surface area contributed by atoms with E-state index < -0.39 is 5.91 Å². The van der Waals surface area contributed by atoms with E-state index in [1.165, 1.54) is 6.42 Å². The Balaban J connectivity index is 1.94. The lowest BCUT2D eigenvalue weighted by Crippen LogP contribution is -2.39. The van der Waals surface area contributed by atoms with Gasteiger partial charge in [-0.15, -0.1) is 10.2 Å². The smallest absolute Gasteiger partial charge is 0.273 e. The molecule has 9 nitrogen and oxygen atoms in total. The Bertz CT molecular complexity index is 713. The third-order valence-corrected chi connectivity index (χ3v) is 3.94. The summed E-state index contributed by atoms with van der Waals surface area (Å²) in [5.74, 6) is 0.136. The van der Waals surface area contributed by atoms with Gasteiger partial charge in [0.15, 0.2) is 11.5 Å². The minimum absolute atomic E-state index is 0.0160. The van der Waals surface area contributed by atoms with Gasteiger partial charge in [-0.3, -0.25) is 9.48 Å². The van der Waals surface area contributed by atoms with Crippen LogP contribution in [0.15, 0.2) is 12.4 Å². The molecule has 0 saturated carbocycles. The van der Waals surface area contributed by atoms with E-state index in [0.29, 0.717) is 23.5 Å². The SMILES string of the molecule is C[C@@H]1CCCCN1c1nnc(C(N)=O)c(Nc2cnn(C)c2)n1. The predicted molar refractivity (Wildman–Crippen MR) is 85.5 cm³/mol. The first kappa shape index (κ1) is 15.2. The van der Waals surface area contributed by atoms with E-state index in [2.05, 4.69) is 37.4 Å². The topological polar surface area (TPSA) is 115 Å². The zero-order valence-corrected chi connectivity index (χ0v) is 13.2. The van der Waals surface area contributed by atoms with Gasteiger partial charge in [0, 0.05) is 25.8 Å². The summed E-state index contributed by atoms with van der Waals surface area (Å²) >= 11 is 0. The van der Waals surface area contributed by atoms with Crippen LogP contribution in [0.2, 0.25) is 0 Å². The van der Waals surface area contributed by atoms with Crippen LogP contribution in [-0.2, 0) is 7.05 Å². The number of anilines is 3. The van der Waals surface area contributed by atoms with Crippen LogP contribution in [-0.4, -0.2) is 43.5 Å². The van der Waals surface area contributed by atoms with Crippen molar-refractivity contribution in [3.63, 3.8) is 0 Å². The standard InChI is InChI=1S/C14H20N8O/c1-9-5-3-4-6-22(9)14-18-13(11(12(15)23)19-20-14)17-10-7-16-21(2)8-10/h7-9H,3-6H2,1-2H3,(H2,15,23)(H,17,18,20)/t9-/m1/s1. The Hall–Kier alpha value is -2.71. The molecule has 1 atom stereocenters. The quantitative estimate of drug-likeness (QED) is 0.858. The average Bonchev–Trinajstić information content (AvgIpc) is 2.92. The maximum Gasteiger partial charge on any atom is 0.273 e. The zero-order valence-electron chi connectivity index (χ0n) is 13.2. The zero-order chi connectivity index (χ0) is 16.4. The molecule has 0 aliphatic carbocycles. The number of rotatable bonds is 4. The Labute approximate surface area is 133 Å². The molecule has 1 aliphatic heterocycles. The van der Waals surface area contributed by atoms with E-state index in [1.54, 1.807) is 24.1 Å². The molecule has 9 heteroatoms. The van der Waals surface area contributed by atoms with Crippen molar-refractivity contribution >= 4 is 23.4 Å². The van der Waals surface area contributed by atoms with Crippen LogP contribution in [0.25, 0.3) is 0 Å². The molecule has 23 heavy (non-hydrogen) atoms. The molecule has 0 aromatic carbocycles. The number of hydrogen-bond acceptors (Lipinski definition) is 7. The summed E-state index contributed by atoms with van der Waals surface area (Å²) in [6.07, 6.45) is 6.79. The molecule has 2 aromatic rings. The van der Waals surface area contributed by atoms with Crippen molar-refractivity contribution in [3.8, 4) is 0 Å². The summed E-state index contributed by atoms with van der Waals surface area (Å²) in [5.41, 5.74) is 6.09. The number of nitrogens with one attached hydrogen (secondary N) is 1. The van der Waals surface area contributed by atoms with Gasteiger partial charge in [0.1, 0.15) is 0 Å². The number of aromatic nitrogens is 5. The fourth-order valence-corrected chi connectivity index (χ4v) is 2.71. The molecule has 0 radical (unpaired) electrons. The summed E-state index contributed by atoms with van der Waals surface area (Å²) in [4.78, 5) is 18.2. The van der Waals surface area contributed by atoms with Crippen LogP contribution in [0.5, 0.6) is 0 Å². The van der Waals surface area contributed by atoms with Gasteiger partial charge < -0.3 is 16.0 Å². The third kappa shape index (κ3) is 3.22. The molecule has 2 aromatic heterocycles. The van der Waals surface area contributed by atoms with Crippen molar-refractivity contribution in [3.05, 3.63) is 18.1 Å². The highest BCUT2D eigenvalue weighted by atomic mass is 16.1. The van der Waals surface area contributed by atoms with E-state index in [9.17, 15) is 4.79 Å². The van der Waals surface area contributed by atoms with Gasteiger partial charge in [-0.05, 0) is 26.2 Å². The van der Waals surface area contributed by atoms with Crippen molar-refractivity contribution < 1.29 is 4.79 Å². The van der Waals surface area contributed by atoms with Crippen LogP contribution in [0, 0.1) is 0 Å². The number of hydrogen-bond donors (Lipinski definition) is 2.